The number of amides is 2. The fourth-order valence-electron chi connectivity index (χ4n) is 4.13. The third-order valence-corrected chi connectivity index (χ3v) is 6.92. The number of thioether (sulfide) groups is 1. The van der Waals surface area contributed by atoms with Crippen LogP contribution in [0.25, 0.3) is 0 Å². The molecule has 2 aromatic carbocycles. The van der Waals surface area contributed by atoms with Crippen LogP contribution in [0.3, 0.4) is 0 Å². The number of anilines is 1. The van der Waals surface area contributed by atoms with Gasteiger partial charge in [0.2, 0.25) is 0 Å². The van der Waals surface area contributed by atoms with Gasteiger partial charge in [0.25, 0.3) is 0 Å². The summed E-state index contributed by atoms with van der Waals surface area (Å²) in [6.07, 6.45) is -12.3. The predicted octanol–water partition coefficient (Wildman–Crippen LogP) is 8.68. The van der Waals surface area contributed by atoms with Gasteiger partial charge in [-0.3, -0.25) is 0 Å². The van der Waals surface area contributed by atoms with E-state index in [1.165, 1.54) is 6.07 Å². The summed E-state index contributed by atoms with van der Waals surface area (Å²) in [7, 11) is 0. The molecule has 2 amide bonds. The number of urea groups is 1. The zero-order valence-electron chi connectivity index (χ0n) is 20.7. The van der Waals surface area contributed by atoms with Gasteiger partial charge in [-0.15, -0.1) is 13.2 Å². The fourth-order valence-corrected chi connectivity index (χ4v) is 4.85. The highest BCUT2D eigenvalue weighted by atomic mass is 35.5. The highest BCUT2D eigenvalue weighted by Gasteiger charge is 2.43. The minimum absolute atomic E-state index is 0.0757. The number of carbonyl (C=O) groups is 1. The molecule has 0 fully saturated rings. The van der Waals surface area contributed by atoms with Crippen LogP contribution in [-0.4, -0.2) is 41.7 Å². The van der Waals surface area contributed by atoms with Crippen LogP contribution >= 0.6 is 23.4 Å². The van der Waals surface area contributed by atoms with Gasteiger partial charge in [-0.2, -0.15) is 43.2 Å². The average Bonchev–Trinajstić information content (AvgIpc) is 3.14. The Bertz CT molecular complexity index is 1280. The standard InChI is InChI=1S/C24H21ClF9N3O2S/c1-21(8-3-9-40-2)12-37(36-19(21)13-4-6-15(17(25)10-13)22(26,27)28)20(38)35-14-5-7-16(23(29,30)31)18(11-14)39-24(32,33)34/h4-7,10-11H,3,8-9,12H2,1-2H3,(H,35,38). The van der Waals surface area contributed by atoms with E-state index in [-0.39, 0.29) is 17.8 Å². The van der Waals surface area contributed by atoms with Crippen LogP contribution in [0, 0.1) is 5.41 Å². The molecule has 0 spiro atoms. The maximum Gasteiger partial charge on any atom is 0.573 e. The molecule has 1 unspecified atom stereocenters. The molecule has 0 bridgehead atoms. The molecule has 0 aliphatic carbocycles. The van der Waals surface area contributed by atoms with Crippen LogP contribution in [0.2, 0.25) is 5.02 Å². The first kappa shape index (κ1) is 31.7. The summed E-state index contributed by atoms with van der Waals surface area (Å²) in [6.45, 7) is 1.66. The number of hydrogen-bond donors (Lipinski definition) is 1. The van der Waals surface area contributed by atoms with E-state index in [1.54, 1.807) is 18.7 Å². The van der Waals surface area contributed by atoms with Crippen LogP contribution < -0.4 is 10.1 Å². The van der Waals surface area contributed by atoms with Gasteiger partial charge in [0.15, 0.2) is 0 Å². The summed E-state index contributed by atoms with van der Waals surface area (Å²) in [6, 6.07) is 3.48. The Balaban J connectivity index is 1.94. The first-order chi connectivity index (χ1) is 18.3. The summed E-state index contributed by atoms with van der Waals surface area (Å²) in [4.78, 5) is 13.0. The van der Waals surface area contributed by atoms with E-state index in [0.29, 0.717) is 25.0 Å². The zero-order valence-corrected chi connectivity index (χ0v) is 22.3. The second kappa shape index (κ2) is 11.6. The van der Waals surface area contributed by atoms with E-state index in [2.05, 4.69) is 15.2 Å². The SMILES string of the molecule is CSCCCC1(C)CN(C(=O)Nc2ccc(C(F)(F)F)c(OC(F)(F)F)c2)N=C1c1ccc(C(F)(F)F)c(Cl)c1. The number of nitrogens with one attached hydrogen (secondary N) is 1. The van der Waals surface area contributed by atoms with Crippen LogP contribution in [0.5, 0.6) is 5.75 Å². The Hall–Kier alpha value is -2.81. The molecular formula is C24H21ClF9N3O2S. The zero-order chi connectivity index (χ0) is 30.1. The summed E-state index contributed by atoms with van der Waals surface area (Å²) in [5.74, 6) is -0.833. The molecule has 1 N–H and O–H groups in total. The van der Waals surface area contributed by atoms with Gasteiger partial charge < -0.3 is 10.1 Å². The molecule has 0 saturated heterocycles. The molecule has 0 radical (unpaired) electrons. The maximum absolute atomic E-state index is 13.2. The summed E-state index contributed by atoms with van der Waals surface area (Å²) >= 11 is 7.43. The number of hydrogen-bond acceptors (Lipinski definition) is 4. The minimum atomic E-state index is -5.43. The van der Waals surface area contributed by atoms with Crippen molar-refractivity contribution >= 4 is 40.8 Å². The molecule has 40 heavy (non-hydrogen) atoms. The molecule has 16 heteroatoms. The van der Waals surface area contributed by atoms with E-state index in [9.17, 15) is 44.3 Å². The van der Waals surface area contributed by atoms with Gasteiger partial charge >= 0.3 is 24.7 Å². The monoisotopic (exact) mass is 621 g/mol. The van der Waals surface area contributed by atoms with Crippen molar-refractivity contribution in [3.05, 3.63) is 58.1 Å². The van der Waals surface area contributed by atoms with Crippen molar-refractivity contribution in [1.29, 1.82) is 0 Å². The van der Waals surface area contributed by atoms with Crippen molar-refractivity contribution in [3.8, 4) is 5.75 Å². The predicted molar refractivity (Wildman–Crippen MR) is 133 cm³/mol. The number of rotatable bonds is 7. The quantitative estimate of drug-likeness (QED) is 0.249. The minimum Gasteiger partial charge on any atom is -0.405 e. The Morgan fingerprint density at radius 2 is 1.68 bits per heavy atom. The lowest BCUT2D eigenvalue weighted by Gasteiger charge is -2.26. The van der Waals surface area contributed by atoms with Crippen LogP contribution in [0.4, 0.5) is 50.0 Å². The van der Waals surface area contributed by atoms with Gasteiger partial charge in [-0.1, -0.05) is 24.6 Å². The van der Waals surface area contributed by atoms with Crippen LogP contribution in [0.15, 0.2) is 41.5 Å². The molecule has 220 valence electrons. The van der Waals surface area contributed by atoms with Crippen molar-refractivity contribution in [3.63, 3.8) is 0 Å². The highest BCUT2D eigenvalue weighted by Crippen LogP contribution is 2.41. The van der Waals surface area contributed by atoms with Crippen molar-refractivity contribution in [2.75, 3.05) is 23.9 Å². The Morgan fingerprint density at radius 3 is 2.23 bits per heavy atom. The number of nitrogens with zero attached hydrogens (tertiary/aromatic N) is 2. The first-order valence-electron chi connectivity index (χ1n) is 11.3. The van der Waals surface area contributed by atoms with Gasteiger partial charge in [0.05, 0.1) is 28.4 Å². The van der Waals surface area contributed by atoms with E-state index in [1.807, 2.05) is 6.26 Å². The molecule has 0 saturated carbocycles. The molecule has 1 aliphatic heterocycles. The topological polar surface area (TPSA) is 53.9 Å². The third kappa shape index (κ3) is 7.68. The number of carbonyl (C=O) groups excluding carboxylic acids is 1. The van der Waals surface area contributed by atoms with E-state index >= 15 is 0 Å². The van der Waals surface area contributed by atoms with E-state index < -0.39 is 57.7 Å². The smallest absolute Gasteiger partial charge is 0.405 e. The first-order valence-corrected chi connectivity index (χ1v) is 13.1. The second-order valence-electron chi connectivity index (χ2n) is 9.04. The number of ether oxygens (including phenoxy) is 1. The molecular weight excluding hydrogens is 601 g/mol. The Kier molecular flexibility index (Phi) is 9.19. The lowest BCUT2D eigenvalue weighted by Crippen LogP contribution is -2.36. The number of benzene rings is 2. The Morgan fingerprint density at radius 1 is 1.05 bits per heavy atom. The van der Waals surface area contributed by atoms with Gasteiger partial charge in [0.1, 0.15) is 5.75 Å². The largest absolute Gasteiger partial charge is 0.573 e. The van der Waals surface area contributed by atoms with E-state index in [0.717, 1.165) is 29.0 Å². The van der Waals surface area contributed by atoms with Gasteiger partial charge in [-0.25, -0.2) is 9.80 Å². The normalized spacial score (nSPS) is 18.1. The molecule has 0 aromatic heterocycles. The second-order valence-corrected chi connectivity index (χ2v) is 10.4. The Labute approximate surface area is 231 Å². The average molecular weight is 622 g/mol. The number of hydrazone groups is 1. The van der Waals surface area contributed by atoms with Crippen molar-refractivity contribution in [2.24, 2.45) is 10.5 Å². The van der Waals surface area contributed by atoms with E-state index in [4.69, 9.17) is 11.6 Å². The van der Waals surface area contributed by atoms with Crippen molar-refractivity contribution < 1.29 is 49.0 Å². The number of halogens is 10. The fraction of sp³-hybridized carbons (Fsp3) is 0.417. The van der Waals surface area contributed by atoms with Crippen molar-refractivity contribution in [1.82, 2.24) is 5.01 Å². The molecule has 3 rings (SSSR count). The lowest BCUT2D eigenvalue weighted by molar-refractivity contribution is -0.276. The maximum atomic E-state index is 13.2. The summed E-state index contributed by atoms with van der Waals surface area (Å²) in [5.41, 5.74) is -3.61. The lowest BCUT2D eigenvalue weighted by atomic mass is 9.78. The molecule has 5 nitrogen and oxygen atoms in total. The molecule has 1 heterocycles. The van der Waals surface area contributed by atoms with Gasteiger partial charge in [-0.05, 0) is 54.7 Å². The molecule has 2 aromatic rings. The van der Waals surface area contributed by atoms with Crippen LogP contribution in [0.1, 0.15) is 36.5 Å². The van der Waals surface area contributed by atoms with Crippen LogP contribution in [-0.2, 0) is 12.4 Å². The third-order valence-electron chi connectivity index (χ3n) is 5.91. The summed E-state index contributed by atoms with van der Waals surface area (Å²) in [5, 5.41) is 6.78. The molecule has 1 aliphatic rings. The van der Waals surface area contributed by atoms with Gasteiger partial charge in [0, 0.05) is 17.2 Å². The highest BCUT2D eigenvalue weighted by molar-refractivity contribution is 7.98. The number of alkyl halides is 9. The molecule has 1 atom stereocenters. The summed E-state index contributed by atoms with van der Waals surface area (Å²) < 4.78 is 121. The van der Waals surface area contributed by atoms with Crippen molar-refractivity contribution in [2.45, 2.75) is 38.5 Å².